The highest BCUT2D eigenvalue weighted by Gasteiger charge is 2.20. The molecule has 4 heteroatoms. The number of hydrogen-bond donors (Lipinski definition) is 2. The summed E-state index contributed by atoms with van der Waals surface area (Å²) in [6, 6.07) is 0. The lowest BCUT2D eigenvalue weighted by molar-refractivity contribution is 0.159. The summed E-state index contributed by atoms with van der Waals surface area (Å²) in [4.78, 5) is 2.24. The first-order chi connectivity index (χ1) is 6.90. The van der Waals surface area contributed by atoms with Crippen molar-refractivity contribution in [2.75, 3.05) is 33.9 Å². The summed E-state index contributed by atoms with van der Waals surface area (Å²) in [5.74, 6) is 0.280. The highest BCUT2D eigenvalue weighted by molar-refractivity contribution is 5.82. The Labute approximate surface area is 93.3 Å². The first-order valence-corrected chi connectivity index (χ1v) is 5.42. The van der Waals surface area contributed by atoms with E-state index in [4.69, 9.17) is 15.9 Å². The second kappa shape index (κ2) is 6.80. The summed E-state index contributed by atoms with van der Waals surface area (Å²) in [5.41, 5.74) is 5.35. The Balaban J connectivity index is 3.65. The van der Waals surface area contributed by atoms with Crippen LogP contribution in [0.5, 0.6) is 0 Å². The molecule has 0 radical (unpaired) electrons. The maximum Gasteiger partial charge on any atom is 0.0963 e. The molecule has 0 saturated carbocycles. The number of ether oxygens (including phenoxy) is 1. The van der Waals surface area contributed by atoms with Crippen molar-refractivity contribution in [3.63, 3.8) is 0 Å². The van der Waals surface area contributed by atoms with Crippen LogP contribution in [0.1, 0.15) is 26.7 Å². The zero-order valence-corrected chi connectivity index (χ0v) is 10.5. The largest absolute Gasteiger partial charge is 0.387 e. The van der Waals surface area contributed by atoms with Crippen LogP contribution in [0.3, 0.4) is 0 Å². The summed E-state index contributed by atoms with van der Waals surface area (Å²) in [6.07, 6.45) is 2.02. The average Bonchev–Trinajstić information content (AvgIpc) is 2.14. The summed E-state index contributed by atoms with van der Waals surface area (Å²) in [6.45, 7) is 6.79. The lowest BCUT2D eigenvalue weighted by Gasteiger charge is -2.24. The first kappa shape index (κ1) is 14.4. The molecule has 3 N–H and O–H groups in total. The number of nitrogens with two attached hydrogens (primary N) is 1. The van der Waals surface area contributed by atoms with E-state index in [1.165, 1.54) is 0 Å². The Morgan fingerprint density at radius 2 is 2.00 bits per heavy atom. The van der Waals surface area contributed by atoms with Gasteiger partial charge in [-0.1, -0.05) is 13.8 Å². The third-order valence-electron chi connectivity index (χ3n) is 2.75. The van der Waals surface area contributed by atoms with Gasteiger partial charge >= 0.3 is 0 Å². The third kappa shape index (κ3) is 6.47. The van der Waals surface area contributed by atoms with Crippen molar-refractivity contribution >= 4 is 5.84 Å². The second-order valence-electron chi connectivity index (χ2n) is 4.70. The molecule has 15 heavy (non-hydrogen) atoms. The Kier molecular flexibility index (Phi) is 6.52. The molecule has 0 amide bonds. The van der Waals surface area contributed by atoms with Crippen LogP contribution in [0.25, 0.3) is 0 Å². The van der Waals surface area contributed by atoms with E-state index in [1.54, 1.807) is 7.11 Å². The van der Waals surface area contributed by atoms with Crippen LogP contribution in [0.4, 0.5) is 0 Å². The van der Waals surface area contributed by atoms with E-state index in [1.807, 2.05) is 13.8 Å². The molecule has 0 saturated heterocycles. The molecule has 0 aromatic rings. The summed E-state index contributed by atoms with van der Waals surface area (Å²) in [5, 5.41) is 7.44. The highest BCUT2D eigenvalue weighted by atomic mass is 16.5. The maximum atomic E-state index is 7.44. The lowest BCUT2D eigenvalue weighted by atomic mass is 9.86. The van der Waals surface area contributed by atoms with Crippen LogP contribution in [0.15, 0.2) is 0 Å². The normalized spacial score (nSPS) is 12.1. The van der Waals surface area contributed by atoms with E-state index in [0.717, 1.165) is 32.5 Å². The van der Waals surface area contributed by atoms with Gasteiger partial charge in [0.05, 0.1) is 12.4 Å². The minimum absolute atomic E-state index is 0.165. The predicted molar refractivity (Wildman–Crippen MR) is 64.3 cm³/mol. The number of amidine groups is 1. The molecular weight excluding hydrogens is 190 g/mol. The lowest BCUT2D eigenvalue weighted by Crippen LogP contribution is -2.32. The summed E-state index contributed by atoms with van der Waals surface area (Å²) < 4.78 is 5.00. The Bertz CT molecular complexity index is 192. The third-order valence-corrected chi connectivity index (χ3v) is 2.75. The van der Waals surface area contributed by atoms with E-state index in [-0.39, 0.29) is 11.3 Å². The van der Waals surface area contributed by atoms with Gasteiger partial charge < -0.3 is 15.4 Å². The smallest absolute Gasteiger partial charge is 0.0963 e. The van der Waals surface area contributed by atoms with Crippen molar-refractivity contribution in [2.24, 2.45) is 11.1 Å². The average molecular weight is 215 g/mol. The van der Waals surface area contributed by atoms with Gasteiger partial charge in [-0.2, -0.15) is 0 Å². The van der Waals surface area contributed by atoms with Crippen molar-refractivity contribution in [3.05, 3.63) is 0 Å². The Hall–Kier alpha value is -0.610. The van der Waals surface area contributed by atoms with Crippen molar-refractivity contribution in [1.82, 2.24) is 4.90 Å². The van der Waals surface area contributed by atoms with Gasteiger partial charge in [0.25, 0.3) is 0 Å². The van der Waals surface area contributed by atoms with E-state index in [9.17, 15) is 0 Å². The van der Waals surface area contributed by atoms with Crippen LogP contribution in [0.2, 0.25) is 0 Å². The number of methoxy groups -OCH3 is 1. The topological polar surface area (TPSA) is 62.3 Å². The van der Waals surface area contributed by atoms with Gasteiger partial charge in [-0.25, -0.2) is 0 Å². The fraction of sp³-hybridized carbons (Fsp3) is 0.909. The quantitative estimate of drug-likeness (QED) is 0.474. The van der Waals surface area contributed by atoms with Crippen LogP contribution in [-0.2, 0) is 4.74 Å². The molecule has 0 rings (SSSR count). The number of rotatable bonds is 8. The zero-order chi connectivity index (χ0) is 11.9. The molecule has 0 spiro atoms. The molecule has 0 atom stereocenters. The fourth-order valence-corrected chi connectivity index (χ4v) is 1.28. The highest BCUT2D eigenvalue weighted by Crippen LogP contribution is 2.21. The Morgan fingerprint density at radius 3 is 2.47 bits per heavy atom. The van der Waals surface area contributed by atoms with E-state index < -0.39 is 0 Å². The van der Waals surface area contributed by atoms with Crippen molar-refractivity contribution in [1.29, 1.82) is 5.41 Å². The molecule has 0 fully saturated rings. The van der Waals surface area contributed by atoms with Crippen LogP contribution in [0, 0.1) is 10.8 Å². The molecule has 0 heterocycles. The van der Waals surface area contributed by atoms with Crippen LogP contribution >= 0.6 is 0 Å². The van der Waals surface area contributed by atoms with Gasteiger partial charge in [-0.05, 0) is 26.4 Å². The minimum Gasteiger partial charge on any atom is -0.387 e. The first-order valence-electron chi connectivity index (χ1n) is 5.42. The fourth-order valence-electron chi connectivity index (χ4n) is 1.28. The van der Waals surface area contributed by atoms with Crippen LogP contribution in [-0.4, -0.2) is 44.6 Å². The maximum absolute atomic E-state index is 7.44. The Morgan fingerprint density at radius 1 is 1.40 bits per heavy atom. The zero-order valence-electron chi connectivity index (χ0n) is 10.5. The monoisotopic (exact) mass is 215 g/mol. The standard InChI is InChI=1S/C11H25N3O/c1-11(2,10(12)13)6-5-7-14(3)8-9-15-4/h5-9H2,1-4H3,(H3,12,13). The van der Waals surface area contributed by atoms with Gasteiger partial charge in [-0.3, -0.25) is 5.41 Å². The van der Waals surface area contributed by atoms with Gasteiger partial charge in [0.15, 0.2) is 0 Å². The van der Waals surface area contributed by atoms with E-state index in [2.05, 4.69) is 11.9 Å². The molecule has 0 aliphatic heterocycles. The molecule has 90 valence electrons. The van der Waals surface area contributed by atoms with E-state index >= 15 is 0 Å². The minimum atomic E-state index is -0.165. The van der Waals surface area contributed by atoms with Gasteiger partial charge in [0, 0.05) is 19.1 Å². The molecule has 0 aliphatic carbocycles. The number of likely N-dealkylation sites (N-methyl/N-ethyl adjacent to an activating group) is 1. The molecular formula is C11H25N3O. The molecule has 0 aromatic carbocycles. The molecule has 0 aliphatic rings. The summed E-state index contributed by atoms with van der Waals surface area (Å²) >= 11 is 0. The molecule has 4 nitrogen and oxygen atoms in total. The molecule has 0 bridgehead atoms. The molecule has 0 unspecified atom stereocenters. The SMILES string of the molecule is COCCN(C)CCCC(C)(C)C(=N)N. The van der Waals surface area contributed by atoms with Crippen molar-refractivity contribution < 1.29 is 4.74 Å². The van der Waals surface area contributed by atoms with Gasteiger partial charge in [0.1, 0.15) is 0 Å². The molecule has 0 aromatic heterocycles. The van der Waals surface area contributed by atoms with Crippen molar-refractivity contribution in [3.8, 4) is 0 Å². The number of nitrogens with zero attached hydrogens (tertiary/aromatic N) is 1. The predicted octanol–water partition coefficient (Wildman–Crippen LogP) is 1.31. The van der Waals surface area contributed by atoms with Gasteiger partial charge in [0.2, 0.25) is 0 Å². The van der Waals surface area contributed by atoms with Gasteiger partial charge in [-0.15, -0.1) is 0 Å². The second-order valence-corrected chi connectivity index (χ2v) is 4.70. The van der Waals surface area contributed by atoms with Crippen LogP contribution < -0.4 is 5.73 Å². The summed E-state index contributed by atoms with van der Waals surface area (Å²) in [7, 11) is 3.80. The number of hydrogen-bond acceptors (Lipinski definition) is 3. The van der Waals surface area contributed by atoms with Crippen molar-refractivity contribution in [2.45, 2.75) is 26.7 Å². The number of nitrogens with one attached hydrogen (secondary N) is 1. The van der Waals surface area contributed by atoms with E-state index in [0.29, 0.717) is 0 Å².